The predicted octanol–water partition coefficient (Wildman–Crippen LogP) is 8.08. The Kier molecular flexibility index (Phi) is 9.28. The third-order valence-corrected chi connectivity index (χ3v) is 8.84. The number of nitrogens with one attached hydrogen (secondary N) is 1. The number of rotatable bonds is 13. The Bertz CT molecular complexity index is 1890. The number of aromatic nitrogens is 2. The standard InChI is InChI=1S/C36H36N4O4S/c1-39(2)21-22-40(33-17-5-6-20-37-33)24-26-18-19-32(45-26)30-14-8-13-28-29(35(38-34(28)30)44-36(41)42)15-9-23-43-31-16-7-11-25-10-3-4-12-27(25)31/h3-8,10-14,16-20,38H,9,15,21-24H2,1-2H3,(H,41,42). The molecule has 3 aromatic heterocycles. The maximum Gasteiger partial charge on any atom is 0.512 e. The fraction of sp³-hybridized carbons (Fsp3) is 0.222. The van der Waals surface area contributed by atoms with E-state index >= 15 is 0 Å². The average Bonchev–Trinajstić information content (AvgIpc) is 3.65. The molecule has 3 heterocycles. The van der Waals surface area contributed by atoms with Crippen LogP contribution in [-0.4, -0.2) is 59.9 Å². The molecule has 0 amide bonds. The van der Waals surface area contributed by atoms with Crippen LogP contribution in [0.5, 0.6) is 11.6 Å². The van der Waals surface area contributed by atoms with Crippen LogP contribution in [0.2, 0.25) is 0 Å². The summed E-state index contributed by atoms with van der Waals surface area (Å²) in [6, 6.07) is 30.6. The van der Waals surface area contributed by atoms with Crippen molar-refractivity contribution in [3.63, 3.8) is 0 Å². The molecule has 6 rings (SSSR count). The quantitative estimate of drug-likeness (QED) is 0.0996. The van der Waals surface area contributed by atoms with Crippen molar-refractivity contribution in [1.82, 2.24) is 14.9 Å². The highest BCUT2D eigenvalue weighted by Gasteiger charge is 2.19. The minimum absolute atomic E-state index is 0.261. The largest absolute Gasteiger partial charge is 0.512 e. The summed E-state index contributed by atoms with van der Waals surface area (Å²) >= 11 is 1.73. The third-order valence-electron chi connectivity index (χ3n) is 7.73. The summed E-state index contributed by atoms with van der Waals surface area (Å²) in [4.78, 5) is 26.3. The SMILES string of the molecule is CN(C)CCN(Cc1ccc(-c2cccc3c(CCCOc4cccc5ccccc45)c(OC(=O)O)[nH]c23)s1)c1ccccn1. The van der Waals surface area contributed by atoms with Crippen molar-refractivity contribution in [3.8, 4) is 22.1 Å². The number of aromatic amines is 1. The zero-order valence-corrected chi connectivity index (χ0v) is 26.2. The van der Waals surface area contributed by atoms with Gasteiger partial charge in [0.25, 0.3) is 0 Å². The number of ether oxygens (including phenoxy) is 2. The van der Waals surface area contributed by atoms with Crippen LogP contribution in [0.4, 0.5) is 10.6 Å². The molecule has 0 spiro atoms. The molecule has 2 N–H and O–H groups in total. The molecule has 0 saturated carbocycles. The van der Waals surface area contributed by atoms with Gasteiger partial charge in [-0.15, -0.1) is 11.3 Å². The van der Waals surface area contributed by atoms with Gasteiger partial charge in [0.15, 0.2) is 0 Å². The molecule has 45 heavy (non-hydrogen) atoms. The summed E-state index contributed by atoms with van der Waals surface area (Å²) in [6.45, 7) is 3.00. The number of aryl methyl sites for hydroxylation is 1. The minimum Gasteiger partial charge on any atom is -0.493 e. The molecule has 8 nitrogen and oxygen atoms in total. The van der Waals surface area contributed by atoms with Crippen LogP contribution < -0.4 is 14.4 Å². The summed E-state index contributed by atoms with van der Waals surface area (Å²) in [6.07, 6.45) is 1.77. The number of hydrogen-bond acceptors (Lipinski definition) is 7. The minimum atomic E-state index is -1.35. The second kappa shape index (κ2) is 13.8. The van der Waals surface area contributed by atoms with Gasteiger partial charge in [0.1, 0.15) is 11.6 Å². The number of likely N-dealkylation sites (N-methyl/N-ethyl adjacent to an activating group) is 1. The zero-order valence-electron chi connectivity index (χ0n) is 25.4. The second-order valence-corrected chi connectivity index (χ2v) is 12.3. The van der Waals surface area contributed by atoms with Crippen molar-refractivity contribution in [2.75, 3.05) is 38.7 Å². The first kappa shape index (κ1) is 30.2. The van der Waals surface area contributed by atoms with Crippen molar-refractivity contribution < 1.29 is 19.4 Å². The highest BCUT2D eigenvalue weighted by Crippen LogP contribution is 2.38. The molecule has 0 aliphatic rings. The Morgan fingerprint density at radius 2 is 1.71 bits per heavy atom. The van der Waals surface area contributed by atoms with E-state index in [-0.39, 0.29) is 5.88 Å². The lowest BCUT2D eigenvalue weighted by molar-refractivity contribution is 0.142. The van der Waals surface area contributed by atoms with Crippen molar-refractivity contribution >= 4 is 45.0 Å². The van der Waals surface area contributed by atoms with Crippen LogP contribution in [0.15, 0.2) is 97.2 Å². The van der Waals surface area contributed by atoms with Gasteiger partial charge in [0.05, 0.1) is 18.7 Å². The Morgan fingerprint density at radius 1 is 0.911 bits per heavy atom. The highest BCUT2D eigenvalue weighted by atomic mass is 32.1. The molecule has 0 radical (unpaired) electrons. The lowest BCUT2D eigenvalue weighted by atomic mass is 10.0. The molecule has 0 aliphatic carbocycles. The molecule has 0 saturated heterocycles. The first-order valence-corrected chi connectivity index (χ1v) is 15.8. The topological polar surface area (TPSA) is 90.9 Å². The number of fused-ring (bicyclic) bond motifs is 2. The fourth-order valence-electron chi connectivity index (χ4n) is 5.56. The van der Waals surface area contributed by atoms with Gasteiger partial charge in [-0.05, 0) is 62.7 Å². The number of pyridine rings is 1. The number of carbonyl (C=O) groups is 1. The van der Waals surface area contributed by atoms with Gasteiger partial charge < -0.3 is 29.4 Å². The molecule has 0 atom stereocenters. The second-order valence-electron chi connectivity index (χ2n) is 11.1. The summed E-state index contributed by atoms with van der Waals surface area (Å²) in [5, 5.41) is 12.7. The Morgan fingerprint density at radius 3 is 2.53 bits per heavy atom. The number of para-hydroxylation sites is 1. The monoisotopic (exact) mass is 620 g/mol. The van der Waals surface area contributed by atoms with Gasteiger partial charge in [-0.2, -0.15) is 0 Å². The first-order chi connectivity index (χ1) is 22.0. The summed E-state index contributed by atoms with van der Waals surface area (Å²) in [5.41, 5.74) is 2.70. The number of anilines is 1. The Balaban J connectivity index is 1.22. The number of nitrogens with zero attached hydrogens (tertiary/aromatic N) is 3. The average molecular weight is 621 g/mol. The van der Waals surface area contributed by atoms with Gasteiger partial charge in [-0.3, -0.25) is 0 Å². The summed E-state index contributed by atoms with van der Waals surface area (Å²) < 4.78 is 11.4. The molecule has 0 fully saturated rings. The van der Waals surface area contributed by atoms with Crippen molar-refractivity contribution in [2.24, 2.45) is 0 Å². The van der Waals surface area contributed by atoms with Crippen LogP contribution in [0.3, 0.4) is 0 Å². The maximum absolute atomic E-state index is 11.6. The molecular formula is C36H36N4O4S. The summed E-state index contributed by atoms with van der Waals surface area (Å²) in [5.74, 6) is 2.05. The van der Waals surface area contributed by atoms with Gasteiger partial charge in [-0.1, -0.05) is 60.7 Å². The Labute approximate surface area is 266 Å². The van der Waals surface area contributed by atoms with E-state index in [4.69, 9.17) is 9.47 Å². The van der Waals surface area contributed by atoms with Gasteiger partial charge in [0.2, 0.25) is 5.88 Å². The highest BCUT2D eigenvalue weighted by molar-refractivity contribution is 7.15. The molecular weight excluding hydrogens is 584 g/mol. The van der Waals surface area contributed by atoms with Crippen molar-refractivity contribution in [1.29, 1.82) is 0 Å². The predicted molar refractivity (Wildman–Crippen MR) is 182 cm³/mol. The van der Waals surface area contributed by atoms with E-state index in [0.717, 1.165) is 68.9 Å². The third kappa shape index (κ3) is 7.11. The number of benzene rings is 3. The van der Waals surface area contributed by atoms with Gasteiger partial charge in [-0.25, -0.2) is 9.78 Å². The fourth-order valence-corrected chi connectivity index (χ4v) is 6.62. The van der Waals surface area contributed by atoms with E-state index in [1.165, 1.54) is 4.88 Å². The Hall–Kier alpha value is -4.86. The van der Waals surface area contributed by atoms with Crippen molar-refractivity contribution in [3.05, 3.63) is 108 Å². The lowest BCUT2D eigenvalue weighted by Gasteiger charge is -2.24. The van der Waals surface area contributed by atoms with Crippen molar-refractivity contribution in [2.45, 2.75) is 19.4 Å². The van der Waals surface area contributed by atoms with Gasteiger partial charge >= 0.3 is 6.16 Å². The molecule has 3 aromatic carbocycles. The van der Waals surface area contributed by atoms with E-state index in [2.05, 4.69) is 70.3 Å². The summed E-state index contributed by atoms with van der Waals surface area (Å²) in [7, 11) is 4.15. The lowest BCUT2D eigenvalue weighted by Crippen LogP contribution is -2.31. The smallest absolute Gasteiger partial charge is 0.493 e. The maximum atomic E-state index is 11.6. The molecule has 0 aliphatic heterocycles. The molecule has 0 bridgehead atoms. The molecule has 6 aromatic rings. The number of carboxylic acid groups (broad SMARTS) is 1. The van der Waals surface area contributed by atoms with Gasteiger partial charge in [0, 0.05) is 50.9 Å². The zero-order chi connectivity index (χ0) is 31.2. The first-order valence-electron chi connectivity index (χ1n) is 15.0. The normalized spacial score (nSPS) is 11.4. The number of thiophene rings is 1. The van der Waals surface area contributed by atoms with E-state index in [1.54, 1.807) is 11.3 Å². The molecule has 9 heteroatoms. The van der Waals surface area contributed by atoms with Crippen LogP contribution in [0.25, 0.3) is 32.1 Å². The molecule has 230 valence electrons. The van der Waals surface area contributed by atoms with E-state index < -0.39 is 6.16 Å². The van der Waals surface area contributed by atoms with Crippen LogP contribution >= 0.6 is 11.3 Å². The van der Waals surface area contributed by atoms with Crippen LogP contribution in [-0.2, 0) is 13.0 Å². The van der Waals surface area contributed by atoms with Crippen LogP contribution in [0, 0.1) is 0 Å². The van der Waals surface area contributed by atoms with E-state index in [1.807, 2.05) is 60.8 Å². The van der Waals surface area contributed by atoms with E-state index in [9.17, 15) is 9.90 Å². The van der Waals surface area contributed by atoms with Crippen LogP contribution in [0.1, 0.15) is 16.9 Å². The molecule has 0 unspecified atom stereocenters. The van der Waals surface area contributed by atoms with E-state index in [0.29, 0.717) is 19.4 Å². The number of hydrogen-bond donors (Lipinski definition) is 2. The number of H-pyrrole nitrogens is 1.